The summed E-state index contributed by atoms with van der Waals surface area (Å²) < 4.78 is 45.3. The number of nitrogens with zero attached hydrogens (tertiary/aromatic N) is 2. The van der Waals surface area contributed by atoms with Crippen molar-refractivity contribution in [3.05, 3.63) is 95.2 Å². The monoisotopic (exact) mass is 523 g/mol. The number of hydrogen-bond donors (Lipinski definition) is 2. The fourth-order valence-electron chi connectivity index (χ4n) is 4.88. The number of anilines is 1. The van der Waals surface area contributed by atoms with Crippen LogP contribution in [0.5, 0.6) is 5.75 Å². The molecule has 0 bridgehead atoms. The van der Waals surface area contributed by atoms with Crippen LogP contribution in [0.4, 0.5) is 18.9 Å². The van der Waals surface area contributed by atoms with Crippen LogP contribution in [0.15, 0.2) is 72.8 Å². The van der Waals surface area contributed by atoms with E-state index in [-0.39, 0.29) is 5.69 Å². The molecular formula is C29H28F3N3O3. The minimum atomic E-state index is -4.37. The quantitative estimate of drug-likeness (QED) is 0.304. The maximum absolute atomic E-state index is 13.1. The van der Waals surface area contributed by atoms with Crippen molar-refractivity contribution in [2.75, 3.05) is 37.6 Å². The van der Waals surface area contributed by atoms with Gasteiger partial charge < -0.3 is 19.7 Å². The van der Waals surface area contributed by atoms with Crippen LogP contribution >= 0.6 is 0 Å². The molecule has 198 valence electrons. The Bertz CT molecular complexity index is 1410. The minimum Gasteiger partial charge on any atom is -0.489 e. The Morgan fingerprint density at radius 2 is 1.71 bits per heavy atom. The molecule has 1 saturated heterocycles. The highest BCUT2D eigenvalue weighted by molar-refractivity contribution is 5.97. The number of benzene rings is 3. The number of carboxylic acids is 1. The highest BCUT2D eigenvalue weighted by Crippen LogP contribution is 2.32. The van der Waals surface area contributed by atoms with E-state index in [1.807, 2.05) is 53.4 Å². The van der Waals surface area contributed by atoms with Crippen molar-refractivity contribution in [2.45, 2.75) is 19.2 Å². The van der Waals surface area contributed by atoms with Gasteiger partial charge in [-0.05, 0) is 53.9 Å². The van der Waals surface area contributed by atoms with Gasteiger partial charge in [-0.25, -0.2) is 4.79 Å². The SMILES string of the molecule is O=C(O)c1[nH]c2ccc(OCc3ccccc3)cc2c1CCN1CCN(c2cccc(C(F)(F)F)c2)CC1. The van der Waals surface area contributed by atoms with Crippen LogP contribution in [-0.2, 0) is 19.2 Å². The zero-order chi connectivity index (χ0) is 26.7. The lowest BCUT2D eigenvalue weighted by Crippen LogP contribution is -2.47. The van der Waals surface area contributed by atoms with Gasteiger partial charge in [0.2, 0.25) is 0 Å². The van der Waals surface area contributed by atoms with Gasteiger partial charge >= 0.3 is 12.1 Å². The normalized spacial score (nSPS) is 14.7. The zero-order valence-electron chi connectivity index (χ0n) is 20.7. The number of piperazine rings is 1. The highest BCUT2D eigenvalue weighted by atomic mass is 19.4. The third kappa shape index (κ3) is 5.78. The summed E-state index contributed by atoms with van der Waals surface area (Å²) in [5.41, 5.74) is 2.58. The van der Waals surface area contributed by atoms with Gasteiger partial charge in [0.15, 0.2) is 0 Å². The number of fused-ring (bicyclic) bond motifs is 1. The lowest BCUT2D eigenvalue weighted by Gasteiger charge is -2.36. The molecule has 1 aromatic heterocycles. The van der Waals surface area contributed by atoms with E-state index in [1.54, 1.807) is 6.07 Å². The second-order valence-corrected chi connectivity index (χ2v) is 9.39. The summed E-state index contributed by atoms with van der Waals surface area (Å²) >= 11 is 0. The van der Waals surface area contributed by atoms with Gasteiger partial charge in [0.25, 0.3) is 0 Å². The molecule has 0 spiro atoms. The molecule has 3 aromatic carbocycles. The van der Waals surface area contributed by atoms with Crippen LogP contribution in [0.25, 0.3) is 10.9 Å². The summed E-state index contributed by atoms with van der Waals surface area (Å²) in [7, 11) is 0. The number of aromatic carboxylic acids is 1. The molecule has 5 rings (SSSR count). The molecule has 0 aliphatic carbocycles. The standard InChI is InChI=1S/C29H28F3N3O3/c30-29(31,32)21-7-4-8-22(17-21)35-15-13-34(14-16-35)12-11-24-25-18-23(38-19-20-5-2-1-3-6-20)9-10-26(25)33-27(24)28(36)37/h1-10,17-18,33H,11-16,19H2,(H,36,37). The van der Waals surface area contributed by atoms with E-state index in [4.69, 9.17) is 4.74 Å². The van der Waals surface area contributed by atoms with Crippen LogP contribution in [0, 0.1) is 0 Å². The van der Waals surface area contributed by atoms with E-state index in [0.717, 1.165) is 28.1 Å². The average molecular weight is 524 g/mol. The third-order valence-corrected chi connectivity index (χ3v) is 6.93. The molecule has 0 radical (unpaired) electrons. The number of nitrogens with one attached hydrogen (secondary N) is 1. The zero-order valence-corrected chi connectivity index (χ0v) is 20.7. The van der Waals surface area contributed by atoms with Crippen LogP contribution in [0.1, 0.15) is 27.2 Å². The lowest BCUT2D eigenvalue weighted by molar-refractivity contribution is -0.137. The number of aromatic nitrogens is 1. The number of alkyl halides is 3. The molecule has 9 heteroatoms. The number of hydrogen-bond acceptors (Lipinski definition) is 4. The Balaban J connectivity index is 1.25. The molecule has 0 unspecified atom stereocenters. The predicted molar refractivity (Wildman–Crippen MR) is 140 cm³/mol. The number of carbonyl (C=O) groups is 1. The lowest BCUT2D eigenvalue weighted by atomic mass is 10.1. The summed E-state index contributed by atoms with van der Waals surface area (Å²) in [6, 6.07) is 20.8. The first-order valence-electron chi connectivity index (χ1n) is 12.5. The van der Waals surface area contributed by atoms with Crippen LogP contribution < -0.4 is 9.64 Å². The second kappa shape index (κ2) is 10.8. The topological polar surface area (TPSA) is 68.8 Å². The van der Waals surface area contributed by atoms with Crippen LogP contribution in [0.2, 0.25) is 0 Å². The van der Waals surface area contributed by atoms with E-state index in [9.17, 15) is 23.1 Å². The van der Waals surface area contributed by atoms with Gasteiger partial charge in [0.1, 0.15) is 18.1 Å². The number of halogens is 3. The van der Waals surface area contributed by atoms with E-state index in [2.05, 4.69) is 9.88 Å². The minimum absolute atomic E-state index is 0.169. The van der Waals surface area contributed by atoms with E-state index < -0.39 is 17.7 Å². The summed E-state index contributed by atoms with van der Waals surface area (Å²) in [6.07, 6.45) is -3.85. The van der Waals surface area contributed by atoms with Crippen molar-refractivity contribution in [3.63, 3.8) is 0 Å². The molecule has 1 fully saturated rings. The van der Waals surface area contributed by atoms with Crippen molar-refractivity contribution < 1.29 is 27.8 Å². The van der Waals surface area contributed by atoms with Crippen LogP contribution in [0.3, 0.4) is 0 Å². The van der Waals surface area contributed by atoms with E-state index >= 15 is 0 Å². The molecule has 6 nitrogen and oxygen atoms in total. The Morgan fingerprint density at radius 1 is 0.947 bits per heavy atom. The first-order chi connectivity index (χ1) is 18.3. The molecule has 0 atom stereocenters. The Labute approximate surface area is 218 Å². The molecule has 4 aromatic rings. The summed E-state index contributed by atoms with van der Waals surface area (Å²) in [5.74, 6) is -0.356. The smallest absolute Gasteiger partial charge is 0.416 e. The molecule has 1 aliphatic heterocycles. The molecule has 0 amide bonds. The largest absolute Gasteiger partial charge is 0.489 e. The van der Waals surface area contributed by atoms with Crippen LogP contribution in [-0.4, -0.2) is 53.7 Å². The van der Waals surface area contributed by atoms with E-state index in [0.29, 0.717) is 57.2 Å². The Kier molecular flexibility index (Phi) is 7.28. The van der Waals surface area contributed by atoms with Gasteiger partial charge in [-0.1, -0.05) is 36.4 Å². The molecule has 2 N–H and O–H groups in total. The van der Waals surface area contributed by atoms with Gasteiger partial charge in [-0.2, -0.15) is 13.2 Å². The molecule has 1 aliphatic rings. The van der Waals surface area contributed by atoms with Crippen molar-refractivity contribution in [1.29, 1.82) is 0 Å². The van der Waals surface area contributed by atoms with Crippen molar-refractivity contribution >= 4 is 22.6 Å². The maximum Gasteiger partial charge on any atom is 0.416 e. The predicted octanol–water partition coefficient (Wildman–Crippen LogP) is 5.83. The first-order valence-corrected chi connectivity index (χ1v) is 12.5. The first kappa shape index (κ1) is 25.7. The van der Waals surface area contributed by atoms with Crippen molar-refractivity contribution in [3.8, 4) is 5.75 Å². The highest BCUT2D eigenvalue weighted by Gasteiger charge is 2.31. The summed E-state index contributed by atoms with van der Waals surface area (Å²) in [6.45, 7) is 3.59. The Hall–Kier alpha value is -3.98. The van der Waals surface area contributed by atoms with Gasteiger partial charge in [-0.15, -0.1) is 0 Å². The molecule has 38 heavy (non-hydrogen) atoms. The number of H-pyrrole nitrogens is 1. The van der Waals surface area contributed by atoms with Gasteiger partial charge in [0.05, 0.1) is 5.56 Å². The van der Waals surface area contributed by atoms with E-state index in [1.165, 1.54) is 12.1 Å². The molecular weight excluding hydrogens is 495 g/mol. The van der Waals surface area contributed by atoms with Crippen molar-refractivity contribution in [2.24, 2.45) is 0 Å². The Morgan fingerprint density at radius 3 is 2.42 bits per heavy atom. The number of ether oxygens (including phenoxy) is 1. The van der Waals surface area contributed by atoms with Crippen molar-refractivity contribution in [1.82, 2.24) is 9.88 Å². The average Bonchev–Trinajstić information content (AvgIpc) is 3.29. The van der Waals surface area contributed by atoms with Gasteiger partial charge in [-0.3, -0.25) is 4.90 Å². The molecule has 0 saturated carbocycles. The summed E-state index contributed by atoms with van der Waals surface area (Å²) in [4.78, 5) is 19.2. The maximum atomic E-state index is 13.1. The van der Waals surface area contributed by atoms with Gasteiger partial charge in [0, 0.05) is 49.3 Å². The number of aromatic amines is 1. The third-order valence-electron chi connectivity index (χ3n) is 6.93. The summed E-state index contributed by atoms with van der Waals surface area (Å²) in [5, 5.41) is 10.6. The molecule has 2 heterocycles. The number of carboxylic acid groups (broad SMARTS) is 1. The second-order valence-electron chi connectivity index (χ2n) is 9.39. The number of rotatable bonds is 8. The fraction of sp³-hybridized carbons (Fsp3) is 0.276. The fourth-order valence-corrected chi connectivity index (χ4v) is 4.88.